The first kappa shape index (κ1) is 20.7. The summed E-state index contributed by atoms with van der Waals surface area (Å²) in [6, 6.07) is 26.5. The normalized spacial score (nSPS) is 21.1. The molecular weight excluding hydrogens is 424 g/mol. The lowest BCUT2D eigenvalue weighted by Crippen LogP contribution is -2.50. The zero-order valence-electron chi connectivity index (χ0n) is 18.8. The van der Waals surface area contributed by atoms with Crippen molar-refractivity contribution in [2.45, 2.75) is 18.6 Å². The van der Waals surface area contributed by atoms with E-state index in [1.807, 2.05) is 65.7 Å². The van der Waals surface area contributed by atoms with E-state index in [4.69, 9.17) is 4.74 Å². The van der Waals surface area contributed by atoms with Gasteiger partial charge in [-0.1, -0.05) is 60.7 Å². The van der Waals surface area contributed by atoms with E-state index in [1.54, 1.807) is 6.20 Å². The van der Waals surface area contributed by atoms with E-state index in [0.717, 1.165) is 28.1 Å². The van der Waals surface area contributed by atoms with E-state index in [-0.39, 0.29) is 11.8 Å². The van der Waals surface area contributed by atoms with Crippen LogP contribution in [-0.2, 0) is 22.6 Å². The molecule has 1 aromatic heterocycles. The molecule has 3 aromatic carbocycles. The molecule has 2 aliphatic heterocycles. The van der Waals surface area contributed by atoms with Crippen LogP contribution in [0.25, 0.3) is 11.1 Å². The molecule has 0 radical (unpaired) electrons. The fourth-order valence-corrected chi connectivity index (χ4v) is 5.18. The van der Waals surface area contributed by atoms with Crippen molar-refractivity contribution in [3.8, 4) is 11.1 Å². The topological polar surface area (TPSA) is 70.2 Å². The molecule has 6 heteroatoms. The Balaban J connectivity index is 1.26. The van der Waals surface area contributed by atoms with Gasteiger partial charge < -0.3 is 15.0 Å². The molecule has 0 bridgehead atoms. The monoisotopic (exact) mass is 450 g/mol. The van der Waals surface area contributed by atoms with Crippen molar-refractivity contribution in [3.63, 3.8) is 0 Å². The minimum atomic E-state index is -0.691. The Bertz CT molecular complexity index is 1260. The maximum absolute atomic E-state index is 13.9. The van der Waals surface area contributed by atoms with Gasteiger partial charge in [-0.05, 0) is 34.9 Å². The summed E-state index contributed by atoms with van der Waals surface area (Å²) in [5.41, 5.74) is 5.66. The van der Waals surface area contributed by atoms with Gasteiger partial charge in [-0.15, -0.1) is 0 Å². The van der Waals surface area contributed by atoms with E-state index in [0.29, 0.717) is 26.2 Å². The van der Waals surface area contributed by atoms with E-state index in [9.17, 15) is 4.79 Å². The molecule has 1 fully saturated rings. The zero-order chi connectivity index (χ0) is 23.0. The van der Waals surface area contributed by atoms with Crippen molar-refractivity contribution < 1.29 is 9.53 Å². The lowest BCUT2D eigenvalue weighted by Gasteiger charge is -2.29. The maximum Gasteiger partial charge on any atom is 0.253 e. The highest BCUT2D eigenvalue weighted by Gasteiger charge is 2.57. The zero-order valence-corrected chi connectivity index (χ0v) is 18.8. The third-order valence-corrected chi connectivity index (χ3v) is 7.01. The van der Waals surface area contributed by atoms with Gasteiger partial charge in [-0.25, -0.2) is 0 Å². The summed E-state index contributed by atoms with van der Waals surface area (Å²) < 4.78 is 6.16. The first-order chi connectivity index (χ1) is 16.7. The van der Waals surface area contributed by atoms with Crippen molar-refractivity contribution >= 4 is 17.3 Å². The number of aromatic amines is 1. The highest BCUT2D eigenvalue weighted by atomic mass is 16.5. The predicted octanol–water partition coefficient (Wildman–Crippen LogP) is 4.66. The molecule has 0 saturated carbocycles. The number of para-hydroxylation sites is 1. The molecule has 1 spiro atoms. The number of carbonyl (C=O) groups excluding carboxylic acids is 1. The molecule has 170 valence electrons. The second-order valence-corrected chi connectivity index (χ2v) is 9.08. The van der Waals surface area contributed by atoms with Crippen LogP contribution in [0.3, 0.4) is 0 Å². The molecule has 1 saturated heterocycles. The number of fused-ring (bicyclic) bond motifs is 1. The van der Waals surface area contributed by atoms with Gasteiger partial charge in [-0.2, -0.15) is 5.10 Å². The van der Waals surface area contributed by atoms with E-state index >= 15 is 0 Å². The number of rotatable bonds is 6. The summed E-state index contributed by atoms with van der Waals surface area (Å²) >= 11 is 0. The second kappa shape index (κ2) is 8.47. The molecular formula is C28H26N4O2. The third kappa shape index (κ3) is 3.56. The number of hydrogen-bond donors (Lipinski definition) is 2. The van der Waals surface area contributed by atoms with Gasteiger partial charge in [0.05, 0.1) is 19.4 Å². The summed E-state index contributed by atoms with van der Waals surface area (Å²) in [5.74, 6) is 0.123. The largest absolute Gasteiger partial charge is 0.376 e. The Kier molecular flexibility index (Phi) is 5.15. The molecule has 3 heterocycles. The number of benzene rings is 3. The predicted molar refractivity (Wildman–Crippen MR) is 132 cm³/mol. The SMILES string of the molecule is O=C1N(c2ccc(-c3cn[nH]c3)cc2)CC(COCc2ccccc2)C12Cc1ccccc1N2. The van der Waals surface area contributed by atoms with Crippen LogP contribution in [0.4, 0.5) is 11.4 Å². The van der Waals surface area contributed by atoms with Gasteiger partial charge in [0.2, 0.25) is 0 Å². The van der Waals surface area contributed by atoms with E-state index < -0.39 is 5.54 Å². The molecule has 6 nitrogen and oxygen atoms in total. The molecule has 1 amide bonds. The Hall–Kier alpha value is -3.90. The lowest BCUT2D eigenvalue weighted by molar-refractivity contribution is -0.121. The highest BCUT2D eigenvalue weighted by Crippen LogP contribution is 2.44. The number of aromatic nitrogens is 2. The summed E-state index contributed by atoms with van der Waals surface area (Å²) in [4.78, 5) is 15.9. The van der Waals surface area contributed by atoms with Gasteiger partial charge in [0.15, 0.2) is 0 Å². The van der Waals surface area contributed by atoms with Gasteiger partial charge in [0.25, 0.3) is 5.91 Å². The van der Waals surface area contributed by atoms with Crippen LogP contribution in [0.2, 0.25) is 0 Å². The Morgan fingerprint density at radius 2 is 1.76 bits per heavy atom. The number of H-pyrrole nitrogens is 1. The van der Waals surface area contributed by atoms with Gasteiger partial charge in [0, 0.05) is 42.0 Å². The van der Waals surface area contributed by atoms with Crippen molar-refractivity contribution in [2.24, 2.45) is 5.92 Å². The third-order valence-electron chi connectivity index (χ3n) is 7.01. The van der Waals surface area contributed by atoms with Crippen molar-refractivity contribution in [1.29, 1.82) is 0 Å². The molecule has 0 aliphatic carbocycles. The number of nitrogens with one attached hydrogen (secondary N) is 2. The number of anilines is 2. The van der Waals surface area contributed by atoms with E-state index in [1.165, 1.54) is 5.56 Å². The highest BCUT2D eigenvalue weighted by molar-refractivity contribution is 6.06. The first-order valence-corrected chi connectivity index (χ1v) is 11.6. The molecule has 6 rings (SSSR count). The van der Waals surface area contributed by atoms with Crippen molar-refractivity contribution in [1.82, 2.24) is 10.2 Å². The molecule has 4 aromatic rings. The summed E-state index contributed by atoms with van der Waals surface area (Å²) in [6.45, 7) is 1.65. The minimum absolute atomic E-state index is 0.0182. The number of amides is 1. The van der Waals surface area contributed by atoms with Crippen LogP contribution in [0.5, 0.6) is 0 Å². The maximum atomic E-state index is 13.9. The van der Waals surface area contributed by atoms with Crippen LogP contribution in [-0.4, -0.2) is 34.8 Å². The molecule has 2 aliphatic rings. The standard InChI is InChI=1S/C28H26N4O2/c33-27-28(14-22-8-4-5-9-26(22)31-28)24(19-34-18-20-6-2-1-3-7-20)17-32(27)25-12-10-21(11-13-25)23-15-29-30-16-23/h1-13,15-16,24,31H,14,17-19H2,(H,29,30). The number of ether oxygens (including phenoxy) is 1. The fraction of sp³-hybridized carbons (Fsp3) is 0.214. The van der Waals surface area contributed by atoms with Crippen molar-refractivity contribution in [3.05, 3.63) is 102 Å². The van der Waals surface area contributed by atoms with Crippen LogP contribution < -0.4 is 10.2 Å². The molecule has 2 N–H and O–H groups in total. The Morgan fingerprint density at radius 1 is 0.971 bits per heavy atom. The average Bonchev–Trinajstić information content (AvgIpc) is 3.60. The second-order valence-electron chi connectivity index (χ2n) is 9.08. The minimum Gasteiger partial charge on any atom is -0.376 e. The lowest BCUT2D eigenvalue weighted by atomic mass is 9.84. The first-order valence-electron chi connectivity index (χ1n) is 11.6. The molecule has 2 atom stereocenters. The van der Waals surface area contributed by atoms with Crippen LogP contribution in [0, 0.1) is 5.92 Å². The van der Waals surface area contributed by atoms with E-state index in [2.05, 4.69) is 39.8 Å². The summed E-state index contributed by atoms with van der Waals surface area (Å²) in [5, 5.41) is 10.5. The number of nitrogens with zero attached hydrogens (tertiary/aromatic N) is 2. The quantitative estimate of drug-likeness (QED) is 0.448. The fourth-order valence-electron chi connectivity index (χ4n) is 5.18. The summed E-state index contributed by atoms with van der Waals surface area (Å²) in [7, 11) is 0. The number of hydrogen-bond acceptors (Lipinski definition) is 4. The summed E-state index contributed by atoms with van der Waals surface area (Å²) in [6.07, 6.45) is 4.33. The molecule has 34 heavy (non-hydrogen) atoms. The smallest absolute Gasteiger partial charge is 0.253 e. The number of carbonyl (C=O) groups is 1. The van der Waals surface area contributed by atoms with Gasteiger partial charge in [0.1, 0.15) is 5.54 Å². The van der Waals surface area contributed by atoms with Crippen LogP contribution >= 0.6 is 0 Å². The van der Waals surface area contributed by atoms with Crippen LogP contribution in [0.15, 0.2) is 91.3 Å². The van der Waals surface area contributed by atoms with Crippen LogP contribution in [0.1, 0.15) is 11.1 Å². The van der Waals surface area contributed by atoms with Gasteiger partial charge >= 0.3 is 0 Å². The van der Waals surface area contributed by atoms with Crippen molar-refractivity contribution in [2.75, 3.05) is 23.4 Å². The Morgan fingerprint density at radius 3 is 2.53 bits per heavy atom. The average molecular weight is 451 g/mol. The molecule has 2 unspecified atom stereocenters. The van der Waals surface area contributed by atoms with Gasteiger partial charge in [-0.3, -0.25) is 9.89 Å². The Labute approximate surface area is 198 Å².